The number of morpholine rings is 1. The summed E-state index contributed by atoms with van der Waals surface area (Å²) in [4.78, 5) is 24.1. The van der Waals surface area contributed by atoms with Gasteiger partial charge >= 0.3 is 5.69 Å². The Morgan fingerprint density at radius 3 is 3.00 bits per heavy atom. The minimum atomic E-state index is -0.706. The maximum absolute atomic E-state index is 12.5. The molecule has 1 aliphatic rings. The van der Waals surface area contributed by atoms with Crippen molar-refractivity contribution in [3.8, 4) is 5.75 Å². The Kier molecular flexibility index (Phi) is 4.19. The molecule has 7 heteroatoms. The van der Waals surface area contributed by atoms with Crippen LogP contribution in [0.1, 0.15) is 23.7 Å². The van der Waals surface area contributed by atoms with Crippen molar-refractivity contribution in [3.63, 3.8) is 0 Å². The molecule has 0 spiro atoms. The van der Waals surface area contributed by atoms with Crippen molar-refractivity contribution >= 4 is 11.6 Å². The van der Waals surface area contributed by atoms with Crippen LogP contribution in [0.2, 0.25) is 0 Å². The second-order valence-electron chi connectivity index (χ2n) is 4.57. The van der Waals surface area contributed by atoms with E-state index >= 15 is 0 Å². The highest BCUT2D eigenvalue weighted by atomic mass is 16.6. The van der Waals surface area contributed by atoms with E-state index in [1.807, 2.05) is 6.92 Å². The largest absolute Gasteiger partial charge is 0.502 e. The number of hydrogen-bond acceptors (Lipinski definition) is 5. The number of nitro groups is 1. The number of phenols is 1. The Hall–Kier alpha value is -2.15. The fraction of sp³-hybridized carbons (Fsp3) is 0.462. The van der Waals surface area contributed by atoms with Crippen LogP contribution in [0.3, 0.4) is 0 Å². The van der Waals surface area contributed by atoms with Crippen molar-refractivity contribution in [1.29, 1.82) is 0 Å². The number of carbonyl (C=O) groups is 1. The summed E-state index contributed by atoms with van der Waals surface area (Å²) in [5, 5.41) is 20.7. The second kappa shape index (κ2) is 5.87. The van der Waals surface area contributed by atoms with Crippen LogP contribution in [-0.4, -0.2) is 46.6 Å². The predicted molar refractivity (Wildman–Crippen MR) is 70.7 cm³/mol. The standard InChI is InChI=1S/C13H16N2O5/c1-2-9-8-20-7-6-14(9)13(17)10-4-3-5-11(12(10)16)15(18)19/h3-5,9,16H,2,6-8H2,1H3. The lowest BCUT2D eigenvalue weighted by Crippen LogP contribution is -2.48. The predicted octanol–water partition coefficient (Wildman–Crippen LogP) is 1.55. The van der Waals surface area contributed by atoms with Crippen molar-refractivity contribution in [2.24, 2.45) is 0 Å². The molecule has 1 saturated heterocycles. The van der Waals surface area contributed by atoms with Crippen LogP contribution >= 0.6 is 0 Å². The zero-order valence-electron chi connectivity index (χ0n) is 11.1. The molecule has 108 valence electrons. The van der Waals surface area contributed by atoms with E-state index in [0.717, 1.165) is 6.42 Å². The van der Waals surface area contributed by atoms with Gasteiger partial charge in [0.25, 0.3) is 5.91 Å². The summed E-state index contributed by atoms with van der Waals surface area (Å²) >= 11 is 0. The first-order chi connectivity index (χ1) is 9.56. The van der Waals surface area contributed by atoms with Gasteiger partial charge in [0.05, 0.1) is 29.7 Å². The van der Waals surface area contributed by atoms with Crippen molar-refractivity contribution in [2.45, 2.75) is 19.4 Å². The number of carbonyl (C=O) groups excluding carboxylic acids is 1. The molecule has 2 rings (SSSR count). The van der Waals surface area contributed by atoms with Crippen LogP contribution in [0.25, 0.3) is 0 Å². The number of nitrogens with zero attached hydrogens (tertiary/aromatic N) is 2. The van der Waals surface area contributed by atoms with Gasteiger partial charge < -0.3 is 14.7 Å². The summed E-state index contributed by atoms with van der Waals surface area (Å²) < 4.78 is 5.32. The fourth-order valence-corrected chi connectivity index (χ4v) is 2.27. The average molecular weight is 280 g/mol. The highest BCUT2D eigenvalue weighted by Crippen LogP contribution is 2.30. The lowest BCUT2D eigenvalue weighted by molar-refractivity contribution is -0.385. The molecular formula is C13H16N2O5. The average Bonchev–Trinajstić information content (AvgIpc) is 2.46. The Bertz CT molecular complexity index is 531. The third kappa shape index (κ3) is 2.57. The third-order valence-corrected chi connectivity index (χ3v) is 3.40. The molecule has 1 heterocycles. The van der Waals surface area contributed by atoms with Gasteiger partial charge in [0, 0.05) is 12.6 Å². The van der Waals surface area contributed by atoms with Crippen LogP contribution in [0.15, 0.2) is 18.2 Å². The van der Waals surface area contributed by atoms with Gasteiger partial charge in [-0.2, -0.15) is 0 Å². The number of nitro benzene ring substituents is 1. The highest BCUT2D eigenvalue weighted by molar-refractivity contribution is 5.98. The molecule has 1 aliphatic heterocycles. The molecule has 7 nitrogen and oxygen atoms in total. The number of aromatic hydroxyl groups is 1. The lowest BCUT2D eigenvalue weighted by atomic mass is 10.1. The summed E-state index contributed by atoms with van der Waals surface area (Å²) in [7, 11) is 0. The number of phenolic OH excluding ortho intramolecular Hbond substituents is 1. The van der Waals surface area contributed by atoms with Gasteiger partial charge in [0.15, 0.2) is 0 Å². The third-order valence-electron chi connectivity index (χ3n) is 3.40. The Balaban J connectivity index is 2.33. The fourth-order valence-electron chi connectivity index (χ4n) is 2.27. The number of hydrogen-bond donors (Lipinski definition) is 1. The topological polar surface area (TPSA) is 92.9 Å². The summed E-state index contributed by atoms with van der Waals surface area (Å²) in [5.41, 5.74) is -0.503. The van der Waals surface area contributed by atoms with E-state index in [2.05, 4.69) is 0 Å². The lowest BCUT2D eigenvalue weighted by Gasteiger charge is -2.35. The zero-order chi connectivity index (χ0) is 14.7. The number of para-hydroxylation sites is 1. The molecule has 1 fully saturated rings. The normalized spacial score (nSPS) is 18.9. The van der Waals surface area contributed by atoms with Gasteiger partial charge in [-0.25, -0.2) is 0 Å². The SMILES string of the molecule is CCC1COCCN1C(=O)c1cccc([N+](=O)[O-])c1O. The molecule has 0 aliphatic carbocycles. The molecule has 1 unspecified atom stereocenters. The first-order valence-corrected chi connectivity index (χ1v) is 6.41. The van der Waals surface area contributed by atoms with Crippen molar-refractivity contribution < 1.29 is 19.6 Å². The van der Waals surface area contributed by atoms with E-state index in [1.165, 1.54) is 18.2 Å². The van der Waals surface area contributed by atoms with Crippen LogP contribution in [-0.2, 0) is 4.74 Å². The Morgan fingerprint density at radius 1 is 1.60 bits per heavy atom. The van der Waals surface area contributed by atoms with E-state index in [-0.39, 0.29) is 11.6 Å². The van der Waals surface area contributed by atoms with Gasteiger partial charge in [0.2, 0.25) is 5.75 Å². The van der Waals surface area contributed by atoms with Crippen LogP contribution in [0, 0.1) is 10.1 Å². The molecule has 0 radical (unpaired) electrons. The van der Waals surface area contributed by atoms with E-state index in [1.54, 1.807) is 4.90 Å². The highest BCUT2D eigenvalue weighted by Gasteiger charge is 2.30. The summed E-state index contributed by atoms with van der Waals surface area (Å²) in [6, 6.07) is 3.89. The maximum atomic E-state index is 12.5. The minimum absolute atomic E-state index is 0.0421. The molecule has 1 atom stereocenters. The number of ether oxygens (including phenoxy) is 1. The molecule has 0 saturated carbocycles. The van der Waals surface area contributed by atoms with Crippen LogP contribution < -0.4 is 0 Å². The molecule has 1 amide bonds. The Labute approximate surface area is 115 Å². The van der Waals surface area contributed by atoms with Gasteiger partial charge in [-0.1, -0.05) is 13.0 Å². The smallest absolute Gasteiger partial charge is 0.311 e. The van der Waals surface area contributed by atoms with Crippen LogP contribution in [0.4, 0.5) is 5.69 Å². The Morgan fingerprint density at radius 2 is 2.35 bits per heavy atom. The van der Waals surface area contributed by atoms with Gasteiger partial charge in [-0.05, 0) is 12.5 Å². The number of rotatable bonds is 3. The van der Waals surface area contributed by atoms with Gasteiger partial charge in [-0.3, -0.25) is 14.9 Å². The van der Waals surface area contributed by atoms with Crippen molar-refractivity contribution in [2.75, 3.05) is 19.8 Å². The first-order valence-electron chi connectivity index (χ1n) is 6.41. The second-order valence-corrected chi connectivity index (χ2v) is 4.57. The molecule has 1 N–H and O–H groups in total. The quantitative estimate of drug-likeness (QED) is 0.669. The molecule has 1 aromatic rings. The van der Waals surface area contributed by atoms with E-state index in [0.29, 0.717) is 19.8 Å². The molecule has 0 aromatic heterocycles. The van der Waals surface area contributed by atoms with E-state index in [9.17, 15) is 20.0 Å². The molecular weight excluding hydrogens is 264 g/mol. The molecule has 0 bridgehead atoms. The minimum Gasteiger partial charge on any atom is -0.502 e. The molecule has 20 heavy (non-hydrogen) atoms. The summed E-state index contributed by atoms with van der Waals surface area (Å²) in [6.07, 6.45) is 0.724. The van der Waals surface area contributed by atoms with Crippen LogP contribution in [0.5, 0.6) is 5.75 Å². The first kappa shape index (κ1) is 14.3. The number of benzene rings is 1. The van der Waals surface area contributed by atoms with E-state index in [4.69, 9.17) is 4.74 Å². The monoisotopic (exact) mass is 280 g/mol. The van der Waals surface area contributed by atoms with Crippen molar-refractivity contribution in [3.05, 3.63) is 33.9 Å². The summed E-state index contributed by atoms with van der Waals surface area (Å²) in [6.45, 7) is 3.22. The maximum Gasteiger partial charge on any atom is 0.311 e. The summed E-state index contributed by atoms with van der Waals surface area (Å²) in [5.74, 6) is -0.981. The number of amides is 1. The molecule has 1 aromatic carbocycles. The zero-order valence-corrected chi connectivity index (χ0v) is 11.1. The van der Waals surface area contributed by atoms with Crippen molar-refractivity contribution in [1.82, 2.24) is 4.90 Å². The van der Waals surface area contributed by atoms with Gasteiger partial charge in [0.1, 0.15) is 0 Å². The van der Waals surface area contributed by atoms with E-state index < -0.39 is 22.3 Å². The van der Waals surface area contributed by atoms with Gasteiger partial charge in [-0.15, -0.1) is 0 Å².